The summed E-state index contributed by atoms with van der Waals surface area (Å²) in [6.07, 6.45) is 8.05. The van der Waals surface area contributed by atoms with E-state index < -0.39 is 5.97 Å². The Balaban J connectivity index is 2.00. The van der Waals surface area contributed by atoms with E-state index in [-0.39, 0.29) is 5.56 Å². The summed E-state index contributed by atoms with van der Waals surface area (Å²) in [4.78, 5) is 20.5. The molecule has 0 spiro atoms. The number of aromatic nitrogens is 4. The molecule has 6 nitrogen and oxygen atoms in total. The van der Waals surface area contributed by atoms with Crippen LogP contribution in [0.2, 0.25) is 0 Å². The number of carbonyl (C=O) groups is 1. The van der Waals surface area contributed by atoms with Gasteiger partial charge in [0.2, 0.25) is 0 Å². The van der Waals surface area contributed by atoms with Gasteiger partial charge in [0, 0.05) is 30.8 Å². The molecule has 0 fully saturated rings. The van der Waals surface area contributed by atoms with Crippen molar-refractivity contribution < 1.29 is 9.90 Å². The van der Waals surface area contributed by atoms with Gasteiger partial charge in [0.25, 0.3) is 0 Å². The highest BCUT2D eigenvalue weighted by molar-refractivity contribution is 5.96. The lowest BCUT2D eigenvalue weighted by atomic mass is 9.97. The monoisotopic (exact) mass is 378 g/mol. The Morgan fingerprint density at radius 3 is 2.64 bits per heavy atom. The van der Waals surface area contributed by atoms with E-state index in [1.165, 1.54) is 12.3 Å². The average molecular weight is 378 g/mol. The summed E-state index contributed by atoms with van der Waals surface area (Å²) >= 11 is 0. The lowest BCUT2D eigenvalue weighted by Gasteiger charge is -2.13. The van der Waals surface area contributed by atoms with E-state index in [2.05, 4.69) is 18.8 Å². The van der Waals surface area contributed by atoms with Crippen molar-refractivity contribution in [2.45, 2.75) is 52.5 Å². The molecule has 0 atom stereocenters. The predicted molar refractivity (Wildman–Crippen MR) is 108 cm³/mol. The number of carboxylic acids is 1. The number of hydrogen-bond donors (Lipinski definition) is 1. The Labute approximate surface area is 165 Å². The molecule has 0 saturated carbocycles. The normalized spacial score (nSPS) is 10.9. The first-order chi connectivity index (χ1) is 13.6. The third kappa shape index (κ3) is 4.44. The minimum atomic E-state index is -0.957. The fourth-order valence-electron chi connectivity index (χ4n) is 3.28. The number of benzene rings is 1. The summed E-state index contributed by atoms with van der Waals surface area (Å²) in [7, 11) is 0. The molecule has 0 radical (unpaired) electrons. The van der Waals surface area contributed by atoms with Gasteiger partial charge in [-0.05, 0) is 30.0 Å². The number of carboxylic acid groups (broad SMARTS) is 1. The van der Waals surface area contributed by atoms with Crippen molar-refractivity contribution >= 4 is 5.97 Å². The lowest BCUT2D eigenvalue weighted by Crippen LogP contribution is -2.09. The molecular weight excluding hydrogens is 352 g/mol. The molecule has 28 heavy (non-hydrogen) atoms. The lowest BCUT2D eigenvalue weighted by molar-refractivity contribution is 0.0697. The molecule has 1 N–H and O–H groups in total. The van der Waals surface area contributed by atoms with E-state index in [1.54, 1.807) is 6.20 Å². The van der Waals surface area contributed by atoms with Gasteiger partial charge in [-0.25, -0.2) is 14.5 Å². The van der Waals surface area contributed by atoms with Gasteiger partial charge >= 0.3 is 5.97 Å². The topological polar surface area (TPSA) is 80.9 Å². The maximum atomic E-state index is 11.7. The minimum absolute atomic E-state index is 0.249. The van der Waals surface area contributed by atoms with Crippen LogP contribution in [0.4, 0.5) is 0 Å². The van der Waals surface area contributed by atoms with Gasteiger partial charge in [-0.2, -0.15) is 5.10 Å². The molecule has 2 heterocycles. The molecule has 6 heteroatoms. The van der Waals surface area contributed by atoms with Gasteiger partial charge in [-0.15, -0.1) is 0 Å². The summed E-state index contributed by atoms with van der Waals surface area (Å²) in [6, 6.07) is 9.37. The maximum Gasteiger partial charge on any atom is 0.336 e. The molecule has 0 aliphatic rings. The van der Waals surface area contributed by atoms with Crippen LogP contribution < -0.4 is 0 Å². The van der Waals surface area contributed by atoms with Crippen LogP contribution in [-0.4, -0.2) is 30.8 Å². The van der Waals surface area contributed by atoms with Crippen molar-refractivity contribution in [1.29, 1.82) is 0 Å². The Morgan fingerprint density at radius 1 is 1.07 bits per heavy atom. The first kappa shape index (κ1) is 19.7. The molecule has 0 amide bonds. The molecule has 1 aromatic carbocycles. The molecule has 0 unspecified atom stereocenters. The van der Waals surface area contributed by atoms with Gasteiger partial charge in [0.15, 0.2) is 5.82 Å². The molecule has 0 aliphatic heterocycles. The van der Waals surface area contributed by atoms with Crippen LogP contribution in [0.25, 0.3) is 11.1 Å². The van der Waals surface area contributed by atoms with E-state index in [9.17, 15) is 9.90 Å². The van der Waals surface area contributed by atoms with Gasteiger partial charge in [0.1, 0.15) is 5.82 Å². The summed E-state index contributed by atoms with van der Waals surface area (Å²) < 4.78 is 1.97. The van der Waals surface area contributed by atoms with Gasteiger partial charge in [-0.3, -0.25) is 4.98 Å². The number of hydrogen-bond acceptors (Lipinski definition) is 4. The van der Waals surface area contributed by atoms with Gasteiger partial charge in [0.05, 0.1) is 12.1 Å². The molecule has 0 bridgehead atoms. The summed E-state index contributed by atoms with van der Waals surface area (Å²) in [5.74, 6) is 0.908. The Morgan fingerprint density at radius 2 is 1.89 bits per heavy atom. The third-order valence-corrected chi connectivity index (χ3v) is 4.70. The van der Waals surface area contributed by atoms with Crippen molar-refractivity contribution in [3.63, 3.8) is 0 Å². The first-order valence-corrected chi connectivity index (χ1v) is 9.82. The van der Waals surface area contributed by atoms with Gasteiger partial charge in [-0.1, -0.05) is 44.5 Å². The SMILES string of the molecule is CCCCc1nc(CCC)nn1Cc1ccccc1-c1cnccc1C(=O)O. The Bertz CT molecular complexity index is 949. The van der Waals surface area contributed by atoms with E-state index in [0.717, 1.165) is 54.9 Å². The number of pyridine rings is 1. The first-order valence-electron chi connectivity index (χ1n) is 9.82. The molecule has 2 aromatic heterocycles. The average Bonchev–Trinajstić information content (AvgIpc) is 3.08. The van der Waals surface area contributed by atoms with Crippen LogP contribution in [0, 0.1) is 0 Å². The van der Waals surface area contributed by atoms with Crippen molar-refractivity contribution in [2.24, 2.45) is 0 Å². The number of rotatable bonds is 9. The van der Waals surface area contributed by atoms with Crippen molar-refractivity contribution in [2.75, 3.05) is 0 Å². The van der Waals surface area contributed by atoms with Crippen LogP contribution in [0.5, 0.6) is 0 Å². The zero-order valence-electron chi connectivity index (χ0n) is 16.4. The standard InChI is InChI=1S/C22H26N4O2/c1-3-5-11-21-24-20(8-4-2)25-26(21)15-16-9-6-7-10-17(16)19-14-23-13-12-18(19)22(27)28/h6-7,9-10,12-14H,3-5,8,11,15H2,1-2H3,(H,27,28). The second-order valence-corrected chi connectivity index (χ2v) is 6.84. The quantitative estimate of drug-likeness (QED) is 0.597. The molecule has 0 saturated heterocycles. The Kier molecular flexibility index (Phi) is 6.53. The molecule has 146 valence electrons. The van der Waals surface area contributed by atoms with Crippen LogP contribution in [-0.2, 0) is 19.4 Å². The second-order valence-electron chi connectivity index (χ2n) is 6.84. The van der Waals surface area contributed by atoms with Crippen LogP contribution in [0.15, 0.2) is 42.7 Å². The summed E-state index contributed by atoms with van der Waals surface area (Å²) in [6.45, 7) is 4.84. The van der Waals surface area contributed by atoms with Crippen LogP contribution in [0.3, 0.4) is 0 Å². The van der Waals surface area contributed by atoms with E-state index >= 15 is 0 Å². The number of aryl methyl sites for hydroxylation is 2. The van der Waals surface area contributed by atoms with Crippen molar-refractivity contribution in [3.05, 3.63) is 65.5 Å². The highest BCUT2D eigenvalue weighted by Gasteiger charge is 2.16. The predicted octanol–water partition coefficient (Wildman–Crippen LogP) is 4.38. The number of aromatic carboxylic acids is 1. The molecule has 0 aliphatic carbocycles. The van der Waals surface area contributed by atoms with Crippen LogP contribution >= 0.6 is 0 Å². The number of unbranched alkanes of at least 4 members (excludes halogenated alkanes) is 1. The highest BCUT2D eigenvalue weighted by Crippen LogP contribution is 2.27. The van der Waals surface area contributed by atoms with E-state index in [0.29, 0.717) is 12.1 Å². The summed E-state index contributed by atoms with van der Waals surface area (Å²) in [5, 5.41) is 14.3. The highest BCUT2D eigenvalue weighted by atomic mass is 16.4. The third-order valence-electron chi connectivity index (χ3n) is 4.70. The molecular formula is C22H26N4O2. The molecule has 3 aromatic rings. The molecule has 3 rings (SSSR count). The largest absolute Gasteiger partial charge is 0.478 e. The van der Waals surface area contributed by atoms with Crippen molar-refractivity contribution in [3.8, 4) is 11.1 Å². The summed E-state index contributed by atoms with van der Waals surface area (Å²) in [5.41, 5.74) is 2.74. The smallest absolute Gasteiger partial charge is 0.336 e. The van der Waals surface area contributed by atoms with Gasteiger partial charge < -0.3 is 5.11 Å². The fourth-order valence-corrected chi connectivity index (χ4v) is 3.28. The minimum Gasteiger partial charge on any atom is -0.478 e. The Hall–Kier alpha value is -3.02. The zero-order valence-corrected chi connectivity index (χ0v) is 16.4. The van der Waals surface area contributed by atoms with Crippen molar-refractivity contribution in [1.82, 2.24) is 19.7 Å². The van der Waals surface area contributed by atoms with E-state index in [1.807, 2.05) is 28.9 Å². The van der Waals surface area contributed by atoms with E-state index in [4.69, 9.17) is 10.1 Å². The number of nitrogens with zero attached hydrogens (tertiary/aromatic N) is 4. The second kappa shape index (κ2) is 9.26. The fraction of sp³-hybridized carbons (Fsp3) is 0.364. The van der Waals surface area contributed by atoms with Crippen LogP contribution in [0.1, 0.15) is 60.7 Å². The zero-order chi connectivity index (χ0) is 19.9. The maximum absolute atomic E-state index is 11.7.